The second kappa shape index (κ2) is 6.25. The summed E-state index contributed by atoms with van der Waals surface area (Å²) in [6, 6.07) is 2.10. The normalized spacial score (nSPS) is 32.5. The lowest BCUT2D eigenvalue weighted by Gasteiger charge is -2.23. The van der Waals surface area contributed by atoms with E-state index < -0.39 is 11.5 Å². The first-order valence-electron chi connectivity index (χ1n) is 9.02. The summed E-state index contributed by atoms with van der Waals surface area (Å²) >= 11 is 1.72. The van der Waals surface area contributed by atoms with Gasteiger partial charge in [-0.1, -0.05) is 19.1 Å². The van der Waals surface area contributed by atoms with Crippen LogP contribution in [0, 0.1) is 18.8 Å². The number of amides is 2. The van der Waals surface area contributed by atoms with Crippen molar-refractivity contribution in [3.8, 4) is 0 Å². The minimum absolute atomic E-state index is 0.0536. The first-order valence-corrected chi connectivity index (χ1v) is 9.90. The van der Waals surface area contributed by atoms with Crippen LogP contribution in [0.2, 0.25) is 0 Å². The molecule has 2 bridgehead atoms. The Morgan fingerprint density at radius 2 is 2.36 bits per heavy atom. The van der Waals surface area contributed by atoms with Crippen LogP contribution >= 0.6 is 11.3 Å². The summed E-state index contributed by atoms with van der Waals surface area (Å²) < 4.78 is 6.10. The number of carbonyl (C=O) groups is 2. The van der Waals surface area contributed by atoms with E-state index >= 15 is 0 Å². The predicted molar refractivity (Wildman–Crippen MR) is 96.4 cm³/mol. The molecule has 0 saturated carbocycles. The predicted octanol–water partition coefficient (Wildman–Crippen LogP) is 1.91. The molecular weight excluding hydrogens is 336 g/mol. The minimum Gasteiger partial charge on any atom is -0.360 e. The number of nitrogens with one attached hydrogen (secondary N) is 1. The summed E-state index contributed by atoms with van der Waals surface area (Å²) in [5.41, 5.74) is 0.689. The monoisotopic (exact) mass is 360 g/mol. The maximum Gasteiger partial charge on any atom is 0.230 e. The van der Waals surface area contributed by atoms with E-state index in [1.807, 2.05) is 17.1 Å². The Labute approximate surface area is 152 Å². The van der Waals surface area contributed by atoms with Crippen molar-refractivity contribution in [3.05, 3.63) is 34.0 Å². The Bertz CT molecular complexity index is 728. The Kier molecular flexibility index (Phi) is 4.20. The zero-order valence-electron chi connectivity index (χ0n) is 14.7. The van der Waals surface area contributed by atoms with Crippen LogP contribution in [-0.2, 0) is 20.7 Å². The summed E-state index contributed by atoms with van der Waals surface area (Å²) in [4.78, 5) is 28.8. The molecule has 0 unspecified atom stereocenters. The molecule has 2 saturated heterocycles. The highest BCUT2D eigenvalue weighted by atomic mass is 32.1. The number of rotatable bonds is 6. The second-order valence-corrected chi connectivity index (χ2v) is 8.23. The standard InChI is InChI=1S/C19H24N2O3S/c1-3-9-21-11-19-7-4-13(24-19)15(16(19)18(21)23)17(22)20-8-5-14-12(2)6-10-25-14/h4,6-7,10,13,15-16H,3,5,8-9,11H2,1-2H3,(H,20,22)/t13-,15-,16+,19-/m0/s1. The first-order chi connectivity index (χ1) is 12.1. The zero-order chi connectivity index (χ0) is 17.6. The van der Waals surface area contributed by atoms with Gasteiger partial charge in [-0.3, -0.25) is 9.59 Å². The number of thiophene rings is 1. The third kappa shape index (κ3) is 2.62. The maximum absolute atomic E-state index is 12.8. The molecule has 1 aromatic heterocycles. The number of hydrogen-bond donors (Lipinski definition) is 1. The Morgan fingerprint density at radius 3 is 3.08 bits per heavy atom. The summed E-state index contributed by atoms with van der Waals surface area (Å²) in [5.74, 6) is -0.744. The number of aryl methyl sites for hydroxylation is 1. The smallest absolute Gasteiger partial charge is 0.230 e. The number of fused-ring (bicyclic) bond motifs is 1. The number of carbonyl (C=O) groups excluding carboxylic acids is 2. The van der Waals surface area contributed by atoms with Crippen molar-refractivity contribution in [1.82, 2.24) is 10.2 Å². The molecule has 134 valence electrons. The van der Waals surface area contributed by atoms with Crippen molar-refractivity contribution >= 4 is 23.2 Å². The molecule has 6 heteroatoms. The highest BCUT2D eigenvalue weighted by Crippen LogP contribution is 2.51. The molecule has 4 atom stereocenters. The molecular formula is C19H24N2O3S. The number of hydrogen-bond acceptors (Lipinski definition) is 4. The first kappa shape index (κ1) is 16.8. The van der Waals surface area contributed by atoms with Crippen LogP contribution in [0.5, 0.6) is 0 Å². The van der Waals surface area contributed by atoms with Gasteiger partial charge in [-0.15, -0.1) is 11.3 Å². The van der Waals surface area contributed by atoms with Gasteiger partial charge in [-0.2, -0.15) is 0 Å². The Balaban J connectivity index is 1.43. The summed E-state index contributed by atoms with van der Waals surface area (Å²) in [5, 5.41) is 5.11. The number of ether oxygens (including phenoxy) is 1. The fourth-order valence-electron chi connectivity index (χ4n) is 4.41. The average Bonchev–Trinajstić information content (AvgIpc) is 3.31. The van der Waals surface area contributed by atoms with Crippen molar-refractivity contribution < 1.29 is 14.3 Å². The lowest BCUT2D eigenvalue weighted by Crippen LogP contribution is -2.44. The van der Waals surface area contributed by atoms with E-state index in [2.05, 4.69) is 30.6 Å². The molecule has 2 amide bonds. The maximum atomic E-state index is 12.8. The van der Waals surface area contributed by atoms with E-state index in [0.29, 0.717) is 13.1 Å². The van der Waals surface area contributed by atoms with E-state index in [4.69, 9.17) is 4.74 Å². The van der Waals surface area contributed by atoms with Crippen molar-refractivity contribution in [1.29, 1.82) is 0 Å². The van der Waals surface area contributed by atoms with Gasteiger partial charge >= 0.3 is 0 Å². The van der Waals surface area contributed by atoms with Gasteiger partial charge in [0.1, 0.15) is 5.60 Å². The minimum atomic E-state index is -0.580. The molecule has 0 radical (unpaired) electrons. The lowest BCUT2D eigenvalue weighted by molar-refractivity contribution is -0.137. The molecule has 3 aliphatic rings. The molecule has 1 N–H and O–H groups in total. The van der Waals surface area contributed by atoms with Gasteiger partial charge in [-0.05, 0) is 36.8 Å². The second-order valence-electron chi connectivity index (χ2n) is 7.23. The van der Waals surface area contributed by atoms with Gasteiger partial charge < -0.3 is 15.0 Å². The largest absolute Gasteiger partial charge is 0.360 e. The SMILES string of the molecule is CCCN1C[C@]23C=C[C@H](O2)[C@H](C(=O)NCCc2sccc2C)[C@@H]3C1=O. The van der Waals surface area contributed by atoms with E-state index in [0.717, 1.165) is 19.4 Å². The van der Waals surface area contributed by atoms with Crippen LogP contribution in [0.15, 0.2) is 23.6 Å². The number of likely N-dealkylation sites (tertiary alicyclic amines) is 1. The van der Waals surface area contributed by atoms with Crippen molar-refractivity contribution in [2.45, 2.75) is 38.4 Å². The van der Waals surface area contributed by atoms with Crippen molar-refractivity contribution in [2.75, 3.05) is 19.6 Å². The van der Waals surface area contributed by atoms with Crippen LogP contribution in [0.4, 0.5) is 0 Å². The molecule has 25 heavy (non-hydrogen) atoms. The van der Waals surface area contributed by atoms with E-state index in [1.165, 1.54) is 10.4 Å². The summed E-state index contributed by atoms with van der Waals surface area (Å²) in [6.45, 7) is 6.05. The summed E-state index contributed by atoms with van der Waals surface area (Å²) in [7, 11) is 0. The van der Waals surface area contributed by atoms with Crippen molar-refractivity contribution in [2.24, 2.45) is 11.8 Å². The van der Waals surface area contributed by atoms with E-state index in [1.54, 1.807) is 11.3 Å². The molecule has 4 rings (SSSR count). The Morgan fingerprint density at radius 1 is 1.52 bits per heavy atom. The van der Waals surface area contributed by atoms with Gasteiger partial charge in [-0.25, -0.2) is 0 Å². The lowest BCUT2D eigenvalue weighted by atomic mass is 9.77. The zero-order valence-corrected chi connectivity index (χ0v) is 15.5. The van der Waals surface area contributed by atoms with Gasteiger partial charge in [0.15, 0.2) is 0 Å². The highest BCUT2D eigenvalue weighted by Gasteiger charge is 2.66. The van der Waals surface area contributed by atoms with Crippen LogP contribution in [0.3, 0.4) is 0 Å². The van der Waals surface area contributed by atoms with Gasteiger partial charge in [0.25, 0.3) is 0 Å². The van der Waals surface area contributed by atoms with Crippen LogP contribution < -0.4 is 5.32 Å². The molecule has 3 aliphatic heterocycles. The average molecular weight is 360 g/mol. The molecule has 0 aromatic carbocycles. The van der Waals surface area contributed by atoms with Crippen LogP contribution in [-0.4, -0.2) is 48.1 Å². The quantitative estimate of drug-likeness (QED) is 0.789. The summed E-state index contributed by atoms with van der Waals surface area (Å²) in [6.07, 6.45) is 5.45. The number of nitrogens with zero attached hydrogens (tertiary/aromatic N) is 1. The third-order valence-corrected chi connectivity index (χ3v) is 6.68. The molecule has 1 aromatic rings. The topological polar surface area (TPSA) is 58.6 Å². The van der Waals surface area contributed by atoms with Crippen LogP contribution in [0.25, 0.3) is 0 Å². The molecule has 2 fully saturated rings. The fourth-order valence-corrected chi connectivity index (χ4v) is 5.32. The van der Waals surface area contributed by atoms with Gasteiger partial charge in [0, 0.05) is 18.0 Å². The van der Waals surface area contributed by atoms with Gasteiger partial charge in [0.2, 0.25) is 11.8 Å². The highest BCUT2D eigenvalue weighted by molar-refractivity contribution is 7.10. The molecule has 0 aliphatic carbocycles. The molecule has 5 nitrogen and oxygen atoms in total. The molecule has 1 spiro atoms. The van der Waals surface area contributed by atoms with Crippen LogP contribution in [0.1, 0.15) is 23.8 Å². The third-order valence-electron chi connectivity index (χ3n) is 5.59. The molecule has 4 heterocycles. The Hall–Kier alpha value is -1.66. The van der Waals surface area contributed by atoms with Crippen molar-refractivity contribution in [3.63, 3.8) is 0 Å². The van der Waals surface area contributed by atoms with E-state index in [-0.39, 0.29) is 23.8 Å². The fraction of sp³-hybridized carbons (Fsp3) is 0.579. The van der Waals surface area contributed by atoms with E-state index in [9.17, 15) is 9.59 Å². The van der Waals surface area contributed by atoms with Gasteiger partial charge in [0.05, 0.1) is 24.5 Å².